The lowest BCUT2D eigenvalue weighted by molar-refractivity contribution is -0.137. The lowest BCUT2D eigenvalue weighted by atomic mass is 10.0. The first-order chi connectivity index (χ1) is 9.08. The molecular weight excluding hydrogens is 291 g/mol. The SMILES string of the molecule is CN(C(=O)Cc1ccc(C(F)(F)F)cc1)C(C)(C)CCl. The summed E-state index contributed by atoms with van der Waals surface area (Å²) in [6.45, 7) is 3.65. The highest BCUT2D eigenvalue weighted by Gasteiger charge is 2.30. The molecule has 0 N–H and O–H groups in total. The van der Waals surface area contributed by atoms with Crippen LogP contribution in [0, 0.1) is 0 Å². The van der Waals surface area contributed by atoms with Crippen molar-refractivity contribution in [2.24, 2.45) is 0 Å². The van der Waals surface area contributed by atoms with Gasteiger partial charge in [0.05, 0.1) is 17.5 Å². The van der Waals surface area contributed by atoms with Gasteiger partial charge in [-0.1, -0.05) is 12.1 Å². The minimum atomic E-state index is -4.36. The highest BCUT2D eigenvalue weighted by molar-refractivity contribution is 6.18. The molecule has 20 heavy (non-hydrogen) atoms. The Kier molecular flexibility index (Phi) is 5.08. The van der Waals surface area contributed by atoms with Gasteiger partial charge in [-0.2, -0.15) is 13.2 Å². The third-order valence-electron chi connectivity index (χ3n) is 3.25. The van der Waals surface area contributed by atoms with E-state index in [-0.39, 0.29) is 18.2 Å². The van der Waals surface area contributed by atoms with Gasteiger partial charge in [0.15, 0.2) is 0 Å². The molecule has 1 amide bonds. The van der Waals surface area contributed by atoms with Gasteiger partial charge in [0.25, 0.3) is 0 Å². The molecule has 1 aromatic carbocycles. The fraction of sp³-hybridized carbons (Fsp3) is 0.500. The number of likely N-dealkylation sites (N-methyl/N-ethyl adjacent to an activating group) is 1. The lowest BCUT2D eigenvalue weighted by Gasteiger charge is -2.34. The molecule has 0 radical (unpaired) electrons. The van der Waals surface area contributed by atoms with Gasteiger partial charge in [-0.25, -0.2) is 0 Å². The van der Waals surface area contributed by atoms with Gasteiger partial charge in [-0.15, -0.1) is 11.6 Å². The largest absolute Gasteiger partial charge is 0.416 e. The monoisotopic (exact) mass is 307 g/mol. The Balaban J connectivity index is 2.77. The van der Waals surface area contributed by atoms with E-state index in [0.717, 1.165) is 12.1 Å². The summed E-state index contributed by atoms with van der Waals surface area (Å²) >= 11 is 5.79. The Labute approximate surface area is 121 Å². The van der Waals surface area contributed by atoms with Gasteiger partial charge in [0, 0.05) is 12.9 Å². The summed E-state index contributed by atoms with van der Waals surface area (Å²) in [4.78, 5) is 13.6. The normalized spacial score (nSPS) is 12.3. The van der Waals surface area contributed by atoms with Gasteiger partial charge in [-0.3, -0.25) is 4.79 Å². The maximum Gasteiger partial charge on any atom is 0.416 e. The number of hydrogen-bond acceptors (Lipinski definition) is 1. The third-order valence-corrected chi connectivity index (χ3v) is 3.90. The zero-order valence-electron chi connectivity index (χ0n) is 11.6. The van der Waals surface area contributed by atoms with Crippen LogP contribution in [-0.2, 0) is 17.4 Å². The highest BCUT2D eigenvalue weighted by Crippen LogP contribution is 2.29. The number of benzene rings is 1. The van der Waals surface area contributed by atoms with Crippen LogP contribution in [0.15, 0.2) is 24.3 Å². The molecule has 1 rings (SSSR count). The number of amides is 1. The van der Waals surface area contributed by atoms with Crippen LogP contribution in [0.4, 0.5) is 13.2 Å². The lowest BCUT2D eigenvalue weighted by Crippen LogP contribution is -2.47. The molecule has 0 atom stereocenters. The van der Waals surface area contributed by atoms with Crippen molar-refractivity contribution in [1.82, 2.24) is 4.90 Å². The minimum absolute atomic E-state index is 0.0506. The van der Waals surface area contributed by atoms with Crippen molar-refractivity contribution in [3.63, 3.8) is 0 Å². The smallest absolute Gasteiger partial charge is 0.339 e. The molecule has 112 valence electrons. The summed E-state index contributed by atoms with van der Waals surface area (Å²) in [6, 6.07) is 4.61. The van der Waals surface area contributed by atoms with E-state index in [1.54, 1.807) is 7.05 Å². The molecule has 0 aliphatic rings. The average Bonchev–Trinajstić information content (AvgIpc) is 2.37. The topological polar surface area (TPSA) is 20.3 Å². The van der Waals surface area contributed by atoms with Gasteiger partial charge in [0.1, 0.15) is 0 Å². The predicted molar refractivity (Wildman–Crippen MR) is 72.7 cm³/mol. The summed E-state index contributed by atoms with van der Waals surface area (Å²) < 4.78 is 37.3. The fourth-order valence-electron chi connectivity index (χ4n) is 1.53. The number of carbonyl (C=O) groups excluding carboxylic acids is 1. The quantitative estimate of drug-likeness (QED) is 0.776. The van der Waals surface area contributed by atoms with E-state index >= 15 is 0 Å². The van der Waals surface area contributed by atoms with Gasteiger partial charge in [-0.05, 0) is 31.5 Å². The number of hydrogen-bond donors (Lipinski definition) is 0. The van der Waals surface area contributed by atoms with Crippen LogP contribution in [0.1, 0.15) is 25.0 Å². The van der Waals surface area contributed by atoms with Gasteiger partial charge < -0.3 is 4.90 Å². The third kappa shape index (κ3) is 4.13. The molecule has 0 saturated carbocycles. The van der Waals surface area contributed by atoms with Crippen LogP contribution in [0.3, 0.4) is 0 Å². The zero-order chi connectivity index (χ0) is 15.6. The van der Waals surface area contributed by atoms with Crippen molar-refractivity contribution in [2.75, 3.05) is 12.9 Å². The molecule has 0 saturated heterocycles. The van der Waals surface area contributed by atoms with Crippen LogP contribution in [0.2, 0.25) is 0 Å². The second kappa shape index (κ2) is 6.04. The summed E-state index contributed by atoms with van der Waals surface area (Å²) in [7, 11) is 1.63. The molecule has 0 aromatic heterocycles. The molecule has 6 heteroatoms. The van der Waals surface area contributed by atoms with Crippen LogP contribution in [-0.4, -0.2) is 29.3 Å². The van der Waals surface area contributed by atoms with E-state index in [1.807, 2.05) is 13.8 Å². The molecule has 0 bridgehead atoms. The molecule has 1 aromatic rings. The second-order valence-electron chi connectivity index (χ2n) is 5.27. The zero-order valence-corrected chi connectivity index (χ0v) is 12.3. The van der Waals surface area contributed by atoms with E-state index in [1.165, 1.54) is 17.0 Å². The van der Waals surface area contributed by atoms with Crippen molar-refractivity contribution in [3.05, 3.63) is 35.4 Å². The Morgan fingerprint density at radius 1 is 1.20 bits per heavy atom. The molecule has 0 heterocycles. The number of rotatable bonds is 4. The molecule has 0 spiro atoms. The second-order valence-corrected chi connectivity index (χ2v) is 5.54. The van der Waals surface area contributed by atoms with Crippen LogP contribution < -0.4 is 0 Å². The first-order valence-electron chi connectivity index (χ1n) is 6.06. The Bertz CT molecular complexity index is 468. The van der Waals surface area contributed by atoms with Crippen LogP contribution >= 0.6 is 11.6 Å². The average molecular weight is 308 g/mol. The molecule has 0 aliphatic heterocycles. The van der Waals surface area contributed by atoms with E-state index in [9.17, 15) is 18.0 Å². The first-order valence-corrected chi connectivity index (χ1v) is 6.60. The molecule has 2 nitrogen and oxygen atoms in total. The standard InChI is InChI=1S/C14H17ClF3NO/c1-13(2,9-15)19(3)12(20)8-10-4-6-11(7-5-10)14(16,17)18/h4-7H,8-9H2,1-3H3. The minimum Gasteiger partial charge on any atom is -0.339 e. The molecule has 0 aliphatic carbocycles. The number of halogens is 4. The van der Waals surface area contributed by atoms with Crippen LogP contribution in [0.5, 0.6) is 0 Å². The summed E-state index contributed by atoms with van der Waals surface area (Å²) in [6.07, 6.45) is -4.31. The van der Waals surface area contributed by atoms with Crippen molar-refractivity contribution >= 4 is 17.5 Å². The predicted octanol–water partition coefficient (Wildman–Crippen LogP) is 3.72. The number of alkyl halides is 4. The fourth-order valence-corrected chi connectivity index (χ4v) is 1.71. The Morgan fingerprint density at radius 3 is 2.10 bits per heavy atom. The number of nitrogens with zero attached hydrogens (tertiary/aromatic N) is 1. The van der Waals surface area contributed by atoms with E-state index in [2.05, 4.69) is 0 Å². The highest BCUT2D eigenvalue weighted by atomic mass is 35.5. The van der Waals surface area contributed by atoms with Crippen LogP contribution in [0.25, 0.3) is 0 Å². The van der Waals surface area contributed by atoms with Crippen molar-refractivity contribution in [1.29, 1.82) is 0 Å². The maximum atomic E-state index is 12.4. The van der Waals surface area contributed by atoms with Gasteiger partial charge in [0.2, 0.25) is 5.91 Å². The molecular formula is C14H17ClF3NO. The Hall–Kier alpha value is -1.23. The van der Waals surface area contributed by atoms with Gasteiger partial charge >= 0.3 is 6.18 Å². The summed E-state index contributed by atoms with van der Waals surface area (Å²) in [5, 5.41) is 0. The van der Waals surface area contributed by atoms with Crippen molar-refractivity contribution < 1.29 is 18.0 Å². The molecule has 0 unspecified atom stereocenters. The van der Waals surface area contributed by atoms with Crippen molar-refractivity contribution in [2.45, 2.75) is 32.0 Å². The number of carbonyl (C=O) groups is 1. The van der Waals surface area contributed by atoms with Crippen molar-refractivity contribution in [3.8, 4) is 0 Å². The Morgan fingerprint density at radius 2 is 1.70 bits per heavy atom. The van der Waals surface area contributed by atoms with E-state index in [0.29, 0.717) is 5.56 Å². The first kappa shape index (κ1) is 16.8. The maximum absolute atomic E-state index is 12.4. The van der Waals surface area contributed by atoms with E-state index < -0.39 is 17.3 Å². The summed E-state index contributed by atoms with van der Waals surface area (Å²) in [5.74, 6) is 0.0952. The molecule has 0 fully saturated rings. The van der Waals surface area contributed by atoms with E-state index in [4.69, 9.17) is 11.6 Å². The summed E-state index contributed by atoms with van der Waals surface area (Å²) in [5.41, 5.74) is -0.673.